The minimum Gasteiger partial charge on any atom is -0.374 e. The average molecular weight is 552 g/mol. The smallest absolute Gasteiger partial charge is 0.322 e. The Kier molecular flexibility index (Phi) is 7.58. The molecule has 1 aliphatic heterocycles. The number of amides is 1. The highest BCUT2D eigenvalue weighted by molar-refractivity contribution is 6.19. The fourth-order valence-electron chi connectivity index (χ4n) is 4.38. The second-order valence-corrected chi connectivity index (χ2v) is 9.50. The standard InChI is InChI=1S/C27H26ClN5O6/c1-18(34)30-25-31-23-22(24(36)32-25)29-17-33(23)27(38-14-20-10-6-3-7-11-20)21(35)12-26(15-28,39-27)16-37-13-19-8-4-2-5-9-19/h2-11,17H,12-16H2,1H3,(H2,30,31,32,34,36)/t26-,27+/m0/s1. The Hall–Kier alpha value is -3.90. The van der Waals surface area contributed by atoms with Gasteiger partial charge in [-0.25, -0.2) is 4.98 Å². The summed E-state index contributed by atoms with van der Waals surface area (Å²) in [6.45, 7) is 1.57. The summed E-state index contributed by atoms with van der Waals surface area (Å²) in [7, 11) is 0. The van der Waals surface area contributed by atoms with E-state index in [1.54, 1.807) is 0 Å². The van der Waals surface area contributed by atoms with Crippen molar-refractivity contribution < 1.29 is 23.8 Å². The summed E-state index contributed by atoms with van der Waals surface area (Å²) >= 11 is 6.39. The van der Waals surface area contributed by atoms with Crippen LogP contribution in [0.1, 0.15) is 24.5 Å². The molecular formula is C27H26ClN5O6. The predicted molar refractivity (Wildman–Crippen MR) is 142 cm³/mol. The summed E-state index contributed by atoms with van der Waals surface area (Å²) in [5, 5.41) is 2.44. The highest BCUT2D eigenvalue weighted by Gasteiger charge is 2.59. The lowest BCUT2D eigenvalue weighted by molar-refractivity contribution is -0.295. The van der Waals surface area contributed by atoms with Crippen LogP contribution in [-0.4, -0.2) is 49.3 Å². The number of ketones is 1. The Morgan fingerprint density at radius 2 is 1.77 bits per heavy atom. The minimum absolute atomic E-state index is 0.00274. The summed E-state index contributed by atoms with van der Waals surface area (Å²) in [5.74, 6) is -3.13. The van der Waals surface area contributed by atoms with Gasteiger partial charge in [0, 0.05) is 13.3 Å². The first-order valence-corrected chi connectivity index (χ1v) is 12.7. The van der Waals surface area contributed by atoms with E-state index < -0.39 is 28.8 Å². The van der Waals surface area contributed by atoms with Gasteiger partial charge < -0.3 is 14.2 Å². The first-order valence-electron chi connectivity index (χ1n) is 12.2. The summed E-state index contributed by atoms with van der Waals surface area (Å²) in [6, 6.07) is 18.8. The highest BCUT2D eigenvalue weighted by atomic mass is 35.5. The third-order valence-corrected chi connectivity index (χ3v) is 6.69. The lowest BCUT2D eigenvalue weighted by Crippen LogP contribution is -2.45. The molecule has 0 saturated carbocycles. The number of alkyl halides is 1. The van der Waals surface area contributed by atoms with Crippen molar-refractivity contribution in [3.8, 4) is 0 Å². The van der Waals surface area contributed by atoms with Gasteiger partial charge in [0.05, 0.1) is 25.7 Å². The van der Waals surface area contributed by atoms with Gasteiger partial charge in [-0.2, -0.15) is 4.98 Å². The molecule has 0 aliphatic carbocycles. The van der Waals surface area contributed by atoms with E-state index in [-0.39, 0.29) is 42.6 Å². The van der Waals surface area contributed by atoms with E-state index in [1.165, 1.54) is 17.8 Å². The normalized spacial score (nSPS) is 20.9. The van der Waals surface area contributed by atoms with Crippen LogP contribution in [-0.2, 0) is 42.9 Å². The third kappa shape index (κ3) is 5.48. The fraction of sp³-hybridized carbons (Fsp3) is 0.296. The molecule has 0 spiro atoms. The Balaban J connectivity index is 1.53. The Bertz CT molecular complexity index is 1540. The second kappa shape index (κ2) is 11.1. The molecule has 202 valence electrons. The number of carbonyl (C=O) groups excluding carboxylic acids is 2. The van der Waals surface area contributed by atoms with Crippen molar-refractivity contribution in [1.82, 2.24) is 19.5 Å². The van der Waals surface area contributed by atoms with E-state index in [4.69, 9.17) is 25.8 Å². The van der Waals surface area contributed by atoms with Crippen molar-refractivity contribution in [1.29, 1.82) is 0 Å². The summed E-state index contributed by atoms with van der Waals surface area (Å²) < 4.78 is 19.8. The quantitative estimate of drug-likeness (QED) is 0.287. The molecule has 39 heavy (non-hydrogen) atoms. The number of aromatic nitrogens is 4. The van der Waals surface area contributed by atoms with Crippen LogP contribution in [0.4, 0.5) is 5.95 Å². The van der Waals surface area contributed by atoms with E-state index in [9.17, 15) is 14.4 Å². The van der Waals surface area contributed by atoms with E-state index >= 15 is 0 Å². The number of halogens is 1. The van der Waals surface area contributed by atoms with E-state index in [1.807, 2.05) is 60.7 Å². The number of rotatable bonds is 10. The molecule has 1 amide bonds. The molecule has 11 nitrogen and oxygen atoms in total. The van der Waals surface area contributed by atoms with Gasteiger partial charge in [0.15, 0.2) is 11.2 Å². The molecule has 12 heteroatoms. The monoisotopic (exact) mass is 551 g/mol. The van der Waals surface area contributed by atoms with Crippen LogP contribution < -0.4 is 10.9 Å². The lowest BCUT2D eigenvalue weighted by Gasteiger charge is -2.33. The van der Waals surface area contributed by atoms with Crippen molar-refractivity contribution in [3.05, 3.63) is 88.5 Å². The molecule has 2 N–H and O–H groups in total. The van der Waals surface area contributed by atoms with Crippen LogP contribution in [0, 0.1) is 0 Å². The molecule has 0 bridgehead atoms. The number of H-pyrrole nitrogens is 1. The molecule has 2 aromatic carbocycles. The third-order valence-electron chi connectivity index (χ3n) is 6.21. The van der Waals surface area contributed by atoms with Crippen molar-refractivity contribution >= 4 is 40.4 Å². The number of aromatic amines is 1. The highest BCUT2D eigenvalue weighted by Crippen LogP contribution is 2.42. The number of fused-ring (bicyclic) bond motifs is 1. The van der Waals surface area contributed by atoms with Crippen LogP contribution in [0.25, 0.3) is 11.2 Å². The summed E-state index contributed by atoms with van der Waals surface area (Å²) in [4.78, 5) is 49.1. The molecule has 2 atom stereocenters. The zero-order valence-electron chi connectivity index (χ0n) is 21.1. The van der Waals surface area contributed by atoms with Crippen LogP contribution in [0.15, 0.2) is 71.8 Å². The first-order chi connectivity index (χ1) is 18.8. The number of hydrogen-bond donors (Lipinski definition) is 2. The number of Topliss-reactive ketones (excluding diaryl/α,β-unsaturated/α-hetero) is 1. The molecular weight excluding hydrogens is 526 g/mol. The van der Waals surface area contributed by atoms with Gasteiger partial charge in [0.2, 0.25) is 17.6 Å². The first kappa shape index (κ1) is 26.7. The average Bonchev–Trinajstić information content (AvgIpc) is 3.48. The molecule has 0 radical (unpaired) electrons. The van der Waals surface area contributed by atoms with Crippen molar-refractivity contribution in [2.24, 2.45) is 0 Å². The van der Waals surface area contributed by atoms with Gasteiger partial charge in [-0.15, -0.1) is 11.6 Å². The molecule has 1 saturated heterocycles. The van der Waals surface area contributed by atoms with E-state index in [0.717, 1.165) is 11.1 Å². The van der Waals surface area contributed by atoms with Crippen LogP contribution >= 0.6 is 11.6 Å². The molecule has 1 aliphatic rings. The fourth-order valence-corrected chi connectivity index (χ4v) is 4.61. The topological polar surface area (TPSA) is 137 Å². The number of imidazole rings is 1. The number of benzene rings is 2. The van der Waals surface area contributed by atoms with Crippen molar-refractivity contribution in [3.63, 3.8) is 0 Å². The SMILES string of the molecule is CC(=O)Nc1nc2c(ncn2[C@]2(OCc3ccccc3)O[C@@](CCl)(COCc3ccccc3)CC2=O)c(=O)[nH]1. The van der Waals surface area contributed by atoms with Gasteiger partial charge in [0.1, 0.15) is 11.9 Å². The minimum atomic E-state index is -2.05. The second-order valence-electron chi connectivity index (χ2n) is 9.24. The lowest BCUT2D eigenvalue weighted by atomic mass is 10.0. The van der Waals surface area contributed by atoms with Crippen LogP contribution in [0.5, 0.6) is 0 Å². The molecule has 2 aromatic heterocycles. The predicted octanol–water partition coefficient (Wildman–Crippen LogP) is 3.09. The number of hydrogen-bond acceptors (Lipinski definition) is 8. The Labute approximate surface area is 228 Å². The molecule has 5 rings (SSSR count). The van der Waals surface area contributed by atoms with Crippen LogP contribution in [0.3, 0.4) is 0 Å². The zero-order valence-corrected chi connectivity index (χ0v) is 21.8. The van der Waals surface area contributed by atoms with E-state index in [2.05, 4.69) is 20.3 Å². The Morgan fingerprint density at radius 1 is 1.10 bits per heavy atom. The zero-order chi connectivity index (χ0) is 27.5. The molecule has 4 aromatic rings. The van der Waals surface area contributed by atoms with Gasteiger partial charge in [-0.1, -0.05) is 60.7 Å². The number of anilines is 1. The Morgan fingerprint density at radius 3 is 2.41 bits per heavy atom. The maximum absolute atomic E-state index is 13.8. The van der Waals surface area contributed by atoms with Crippen molar-refractivity contribution in [2.75, 3.05) is 17.8 Å². The summed E-state index contributed by atoms with van der Waals surface area (Å²) in [5.41, 5.74) is -0.186. The molecule has 1 fully saturated rings. The van der Waals surface area contributed by atoms with Gasteiger partial charge >= 0.3 is 5.91 Å². The molecule has 3 heterocycles. The van der Waals surface area contributed by atoms with Gasteiger partial charge in [-0.3, -0.25) is 29.3 Å². The van der Waals surface area contributed by atoms with Crippen LogP contribution in [0.2, 0.25) is 0 Å². The number of nitrogens with one attached hydrogen (secondary N) is 2. The van der Waals surface area contributed by atoms with Gasteiger partial charge in [-0.05, 0) is 11.1 Å². The maximum atomic E-state index is 13.8. The number of carbonyl (C=O) groups is 2. The number of nitrogens with zero attached hydrogens (tertiary/aromatic N) is 3. The number of ether oxygens (including phenoxy) is 3. The van der Waals surface area contributed by atoms with E-state index in [0.29, 0.717) is 6.61 Å². The summed E-state index contributed by atoms with van der Waals surface area (Å²) in [6.07, 6.45) is 1.13. The van der Waals surface area contributed by atoms with Gasteiger partial charge in [0.25, 0.3) is 5.56 Å². The maximum Gasteiger partial charge on any atom is 0.322 e. The van der Waals surface area contributed by atoms with Crippen molar-refractivity contribution in [2.45, 2.75) is 38.1 Å². The molecule has 0 unspecified atom stereocenters. The largest absolute Gasteiger partial charge is 0.374 e.